The molecule has 1 aromatic rings. The summed E-state index contributed by atoms with van der Waals surface area (Å²) in [6, 6.07) is 6.09. The standard InChI is InChI=1S/C12H14N4O3/c1-16(7-11(17)15-5-4-13)10-3-2-8(12(18)19)6-9(10)14/h2-3,6H,5,7,14H2,1H3,(H,15,17)(H,18,19). The molecule has 0 heterocycles. The van der Waals surface area contributed by atoms with Crippen LogP contribution in [0.5, 0.6) is 0 Å². The number of benzene rings is 1. The molecule has 0 aliphatic carbocycles. The lowest BCUT2D eigenvalue weighted by molar-refractivity contribution is -0.119. The first-order valence-electron chi connectivity index (χ1n) is 5.43. The van der Waals surface area contributed by atoms with Gasteiger partial charge in [-0.05, 0) is 18.2 Å². The summed E-state index contributed by atoms with van der Waals surface area (Å²) in [5, 5.41) is 19.6. The first-order valence-corrected chi connectivity index (χ1v) is 5.43. The summed E-state index contributed by atoms with van der Waals surface area (Å²) < 4.78 is 0. The van der Waals surface area contributed by atoms with Gasteiger partial charge in [0.05, 0.1) is 29.6 Å². The summed E-state index contributed by atoms with van der Waals surface area (Å²) in [6.07, 6.45) is 0. The van der Waals surface area contributed by atoms with E-state index in [0.717, 1.165) is 0 Å². The minimum atomic E-state index is -1.06. The second-order valence-electron chi connectivity index (χ2n) is 3.87. The average Bonchev–Trinajstić information content (AvgIpc) is 2.35. The van der Waals surface area contributed by atoms with Crippen molar-refractivity contribution in [3.8, 4) is 6.07 Å². The highest BCUT2D eigenvalue weighted by atomic mass is 16.4. The van der Waals surface area contributed by atoms with E-state index < -0.39 is 5.97 Å². The monoisotopic (exact) mass is 262 g/mol. The summed E-state index contributed by atoms with van der Waals surface area (Å²) in [6.45, 7) is -0.0294. The number of nitrogen functional groups attached to an aromatic ring is 1. The van der Waals surface area contributed by atoms with Gasteiger partial charge in [-0.3, -0.25) is 4.79 Å². The van der Waals surface area contributed by atoms with Gasteiger partial charge < -0.3 is 21.1 Å². The van der Waals surface area contributed by atoms with Crippen LogP contribution in [0.1, 0.15) is 10.4 Å². The predicted octanol–water partition coefficient (Wildman–Crippen LogP) is 0.0430. The van der Waals surface area contributed by atoms with Gasteiger partial charge in [0.25, 0.3) is 0 Å². The van der Waals surface area contributed by atoms with Crippen molar-refractivity contribution in [3.63, 3.8) is 0 Å². The number of carboxylic acids is 1. The van der Waals surface area contributed by atoms with E-state index in [1.165, 1.54) is 18.2 Å². The van der Waals surface area contributed by atoms with Crippen LogP contribution in [0.25, 0.3) is 0 Å². The number of nitriles is 1. The quantitative estimate of drug-likeness (QED) is 0.509. The number of carboxylic acid groups (broad SMARTS) is 1. The van der Waals surface area contributed by atoms with Gasteiger partial charge in [0.1, 0.15) is 6.54 Å². The van der Waals surface area contributed by atoms with Crippen LogP contribution in [0.4, 0.5) is 11.4 Å². The van der Waals surface area contributed by atoms with Gasteiger partial charge in [-0.1, -0.05) is 0 Å². The van der Waals surface area contributed by atoms with Gasteiger partial charge in [0.2, 0.25) is 5.91 Å². The van der Waals surface area contributed by atoms with Crippen molar-refractivity contribution in [2.45, 2.75) is 0 Å². The molecule has 0 atom stereocenters. The Hall–Kier alpha value is -2.75. The summed E-state index contributed by atoms with van der Waals surface area (Å²) >= 11 is 0. The Morgan fingerprint density at radius 1 is 1.53 bits per heavy atom. The minimum absolute atomic E-state index is 0.0261. The lowest BCUT2D eigenvalue weighted by Gasteiger charge is -2.20. The number of likely N-dealkylation sites (N-methyl/N-ethyl adjacent to an activating group) is 1. The molecule has 4 N–H and O–H groups in total. The van der Waals surface area contributed by atoms with Crippen molar-refractivity contribution in [1.82, 2.24) is 5.32 Å². The molecule has 0 unspecified atom stereocenters. The molecule has 0 bridgehead atoms. The summed E-state index contributed by atoms with van der Waals surface area (Å²) in [7, 11) is 1.65. The Bertz CT molecular complexity index is 536. The molecule has 0 aliphatic heterocycles. The van der Waals surface area contributed by atoms with Crippen LogP contribution in [0.3, 0.4) is 0 Å². The molecule has 0 radical (unpaired) electrons. The van der Waals surface area contributed by atoms with E-state index in [9.17, 15) is 9.59 Å². The maximum absolute atomic E-state index is 11.4. The number of anilines is 2. The zero-order chi connectivity index (χ0) is 14.4. The molecule has 1 rings (SSSR count). The van der Waals surface area contributed by atoms with Crippen LogP contribution in [0, 0.1) is 11.3 Å². The molecule has 0 aromatic heterocycles. The van der Waals surface area contributed by atoms with E-state index in [4.69, 9.17) is 16.1 Å². The third kappa shape index (κ3) is 3.89. The highest BCUT2D eigenvalue weighted by molar-refractivity contribution is 5.91. The third-order valence-corrected chi connectivity index (χ3v) is 2.43. The van der Waals surface area contributed by atoms with E-state index in [-0.39, 0.29) is 30.2 Å². The van der Waals surface area contributed by atoms with Gasteiger partial charge >= 0.3 is 5.97 Å². The lowest BCUT2D eigenvalue weighted by atomic mass is 10.1. The smallest absolute Gasteiger partial charge is 0.335 e. The van der Waals surface area contributed by atoms with Crippen molar-refractivity contribution in [1.29, 1.82) is 5.26 Å². The fourth-order valence-electron chi connectivity index (χ4n) is 1.53. The van der Waals surface area contributed by atoms with Crippen LogP contribution in [0.2, 0.25) is 0 Å². The summed E-state index contributed by atoms with van der Waals surface area (Å²) in [5.74, 6) is -1.38. The lowest BCUT2D eigenvalue weighted by Crippen LogP contribution is -2.35. The number of carbonyl (C=O) groups is 2. The molecule has 19 heavy (non-hydrogen) atoms. The highest BCUT2D eigenvalue weighted by Crippen LogP contribution is 2.23. The predicted molar refractivity (Wildman–Crippen MR) is 69.7 cm³/mol. The van der Waals surface area contributed by atoms with Crippen molar-refractivity contribution in [2.24, 2.45) is 0 Å². The van der Waals surface area contributed by atoms with Crippen molar-refractivity contribution in [3.05, 3.63) is 23.8 Å². The topological polar surface area (TPSA) is 119 Å². The van der Waals surface area contributed by atoms with E-state index in [2.05, 4.69) is 5.32 Å². The summed E-state index contributed by atoms with van der Waals surface area (Å²) in [4.78, 5) is 23.8. The highest BCUT2D eigenvalue weighted by Gasteiger charge is 2.12. The van der Waals surface area contributed by atoms with Crippen molar-refractivity contribution < 1.29 is 14.7 Å². The number of nitrogens with one attached hydrogen (secondary N) is 1. The molecule has 0 aliphatic rings. The van der Waals surface area contributed by atoms with Gasteiger partial charge in [-0.25, -0.2) is 4.79 Å². The van der Waals surface area contributed by atoms with Crippen LogP contribution in [-0.2, 0) is 4.79 Å². The molecule has 0 saturated carbocycles. The van der Waals surface area contributed by atoms with Crippen molar-refractivity contribution >= 4 is 23.3 Å². The maximum Gasteiger partial charge on any atom is 0.335 e. The Morgan fingerprint density at radius 2 is 2.21 bits per heavy atom. The number of hydrogen-bond donors (Lipinski definition) is 3. The van der Waals surface area contributed by atoms with E-state index in [0.29, 0.717) is 5.69 Å². The largest absolute Gasteiger partial charge is 0.478 e. The fourth-order valence-corrected chi connectivity index (χ4v) is 1.53. The number of carbonyl (C=O) groups excluding carboxylic acids is 1. The van der Waals surface area contributed by atoms with Crippen LogP contribution in [-0.4, -0.2) is 37.1 Å². The Balaban J connectivity index is 2.77. The van der Waals surface area contributed by atoms with E-state index >= 15 is 0 Å². The SMILES string of the molecule is CN(CC(=O)NCC#N)c1ccc(C(=O)O)cc1N. The normalized spacial score (nSPS) is 9.47. The zero-order valence-electron chi connectivity index (χ0n) is 10.4. The first-order chi connectivity index (χ1) is 8.95. The molecule has 0 saturated heterocycles. The Morgan fingerprint density at radius 3 is 2.74 bits per heavy atom. The second kappa shape index (κ2) is 6.26. The van der Waals surface area contributed by atoms with Crippen LogP contribution < -0.4 is 16.0 Å². The molecular weight excluding hydrogens is 248 g/mol. The maximum atomic E-state index is 11.4. The number of amides is 1. The van der Waals surface area contributed by atoms with Gasteiger partial charge in [-0.15, -0.1) is 0 Å². The number of nitrogens with zero attached hydrogens (tertiary/aromatic N) is 2. The molecule has 1 amide bonds. The van der Waals surface area contributed by atoms with Gasteiger partial charge in [0, 0.05) is 7.05 Å². The molecule has 0 fully saturated rings. The summed E-state index contributed by atoms with van der Waals surface area (Å²) in [5.41, 5.74) is 6.66. The van der Waals surface area contributed by atoms with E-state index in [1.54, 1.807) is 18.0 Å². The molecular formula is C12H14N4O3. The molecule has 0 spiro atoms. The third-order valence-electron chi connectivity index (χ3n) is 2.43. The second-order valence-corrected chi connectivity index (χ2v) is 3.87. The first kappa shape index (κ1) is 14.3. The number of rotatable bonds is 5. The van der Waals surface area contributed by atoms with Crippen LogP contribution >= 0.6 is 0 Å². The average molecular weight is 262 g/mol. The molecule has 1 aromatic carbocycles. The molecule has 7 nitrogen and oxygen atoms in total. The van der Waals surface area contributed by atoms with Gasteiger partial charge in [-0.2, -0.15) is 5.26 Å². The number of hydrogen-bond acceptors (Lipinski definition) is 5. The fraction of sp³-hybridized carbons (Fsp3) is 0.250. The Kier molecular flexibility index (Phi) is 4.71. The molecule has 7 heteroatoms. The minimum Gasteiger partial charge on any atom is -0.478 e. The number of aromatic carboxylic acids is 1. The number of nitrogens with two attached hydrogens (primary N) is 1. The van der Waals surface area contributed by atoms with E-state index in [1.807, 2.05) is 0 Å². The van der Waals surface area contributed by atoms with Crippen molar-refractivity contribution in [2.75, 3.05) is 30.8 Å². The molecule has 100 valence electrons. The Labute approximate surface area is 110 Å². The zero-order valence-corrected chi connectivity index (χ0v) is 10.4. The van der Waals surface area contributed by atoms with Gasteiger partial charge in [0.15, 0.2) is 0 Å². The van der Waals surface area contributed by atoms with Crippen LogP contribution in [0.15, 0.2) is 18.2 Å².